The molecule has 0 spiro atoms. The molecule has 23 heavy (non-hydrogen) atoms. The number of nitrogens with zero attached hydrogens (tertiary/aromatic N) is 3. The number of benzene rings is 1. The third-order valence-corrected chi connectivity index (χ3v) is 4.73. The van der Waals surface area contributed by atoms with Gasteiger partial charge in [0.05, 0.1) is 21.5 Å². The van der Waals surface area contributed by atoms with Crippen LogP contribution in [0.3, 0.4) is 0 Å². The molecule has 0 aliphatic rings. The van der Waals surface area contributed by atoms with E-state index in [2.05, 4.69) is 15.3 Å². The van der Waals surface area contributed by atoms with Gasteiger partial charge in [-0.25, -0.2) is 4.98 Å². The molecule has 0 unspecified atom stereocenters. The van der Waals surface area contributed by atoms with Crippen LogP contribution < -0.4 is 5.32 Å². The van der Waals surface area contributed by atoms with Crippen molar-refractivity contribution in [3.05, 3.63) is 56.8 Å². The van der Waals surface area contributed by atoms with Gasteiger partial charge < -0.3 is 5.32 Å². The number of rotatable bonds is 6. The van der Waals surface area contributed by atoms with Crippen molar-refractivity contribution in [1.29, 1.82) is 0 Å². The van der Waals surface area contributed by atoms with Crippen LogP contribution in [0.25, 0.3) is 10.8 Å². The molecule has 0 aliphatic heterocycles. The normalized spacial score (nSPS) is 10.8. The van der Waals surface area contributed by atoms with E-state index < -0.39 is 0 Å². The van der Waals surface area contributed by atoms with E-state index in [9.17, 15) is 10.1 Å². The van der Waals surface area contributed by atoms with Crippen LogP contribution in [0.5, 0.6) is 0 Å². The molecule has 0 bridgehead atoms. The second-order valence-corrected chi connectivity index (χ2v) is 6.14. The Kier molecular flexibility index (Phi) is 4.47. The maximum atomic E-state index is 11.1. The van der Waals surface area contributed by atoms with Crippen LogP contribution in [0.15, 0.2) is 36.1 Å². The van der Waals surface area contributed by atoms with Crippen molar-refractivity contribution in [2.24, 2.45) is 0 Å². The fourth-order valence-electron chi connectivity index (χ4n) is 2.53. The number of nitrogens with one attached hydrogen (secondary N) is 1. The minimum atomic E-state index is -0.362. The molecule has 1 N–H and O–H groups in total. The first kappa shape index (κ1) is 15.4. The Hall–Kier alpha value is -2.54. The van der Waals surface area contributed by atoms with Gasteiger partial charge in [-0.3, -0.25) is 15.1 Å². The van der Waals surface area contributed by atoms with Crippen molar-refractivity contribution in [3.8, 4) is 0 Å². The summed E-state index contributed by atoms with van der Waals surface area (Å²) in [4.78, 5) is 20.4. The Labute approximate surface area is 137 Å². The SMILES string of the molecule is Cc1ncsc1CCCNc1ccc([N+](=O)[O-])c2ccncc12. The Bertz CT molecular complexity index is 847. The number of aryl methyl sites for hydroxylation is 2. The lowest BCUT2D eigenvalue weighted by atomic mass is 10.1. The fraction of sp³-hybridized carbons (Fsp3) is 0.250. The van der Waals surface area contributed by atoms with E-state index in [1.54, 1.807) is 35.9 Å². The molecule has 118 valence electrons. The number of nitro benzene ring substituents is 1. The summed E-state index contributed by atoms with van der Waals surface area (Å²) in [5, 5.41) is 15.8. The van der Waals surface area contributed by atoms with Crippen molar-refractivity contribution in [2.75, 3.05) is 11.9 Å². The maximum absolute atomic E-state index is 11.1. The van der Waals surface area contributed by atoms with E-state index in [0.29, 0.717) is 5.39 Å². The van der Waals surface area contributed by atoms with E-state index in [-0.39, 0.29) is 10.6 Å². The Morgan fingerprint density at radius 1 is 1.30 bits per heavy atom. The van der Waals surface area contributed by atoms with Gasteiger partial charge in [0.2, 0.25) is 0 Å². The third-order valence-electron chi connectivity index (χ3n) is 3.73. The summed E-state index contributed by atoms with van der Waals surface area (Å²) in [6, 6.07) is 4.97. The molecule has 2 aromatic heterocycles. The molecule has 1 aromatic carbocycles. The number of thiazole rings is 1. The molecule has 6 nitrogen and oxygen atoms in total. The highest BCUT2D eigenvalue weighted by atomic mass is 32.1. The van der Waals surface area contributed by atoms with Crippen LogP contribution in [0, 0.1) is 17.0 Å². The number of hydrogen-bond acceptors (Lipinski definition) is 6. The number of non-ortho nitro benzene ring substituents is 1. The van der Waals surface area contributed by atoms with Crippen LogP contribution in [0.2, 0.25) is 0 Å². The first-order valence-electron chi connectivity index (χ1n) is 7.31. The van der Waals surface area contributed by atoms with E-state index in [4.69, 9.17) is 0 Å². The zero-order valence-corrected chi connectivity index (χ0v) is 13.5. The Morgan fingerprint density at radius 2 is 2.17 bits per heavy atom. The first-order chi connectivity index (χ1) is 11.2. The molecule has 0 radical (unpaired) electrons. The summed E-state index contributed by atoms with van der Waals surface area (Å²) in [6.45, 7) is 2.81. The largest absolute Gasteiger partial charge is 0.384 e. The summed E-state index contributed by atoms with van der Waals surface area (Å²) >= 11 is 1.68. The highest BCUT2D eigenvalue weighted by molar-refractivity contribution is 7.09. The average Bonchev–Trinajstić information content (AvgIpc) is 2.96. The molecule has 7 heteroatoms. The fourth-order valence-corrected chi connectivity index (χ4v) is 3.35. The minimum absolute atomic E-state index is 0.105. The molecule has 0 fully saturated rings. The lowest BCUT2D eigenvalue weighted by Gasteiger charge is -2.09. The molecular formula is C16H16N4O2S. The highest BCUT2D eigenvalue weighted by Gasteiger charge is 2.13. The quantitative estimate of drug-likeness (QED) is 0.421. The predicted molar refractivity (Wildman–Crippen MR) is 92.1 cm³/mol. The van der Waals surface area contributed by atoms with Crippen molar-refractivity contribution in [2.45, 2.75) is 19.8 Å². The smallest absolute Gasteiger partial charge is 0.277 e. The van der Waals surface area contributed by atoms with Gasteiger partial charge in [0, 0.05) is 41.0 Å². The number of hydrogen-bond donors (Lipinski definition) is 1. The van der Waals surface area contributed by atoms with Gasteiger partial charge in [-0.1, -0.05) is 0 Å². The van der Waals surface area contributed by atoms with Crippen molar-refractivity contribution < 1.29 is 4.92 Å². The van der Waals surface area contributed by atoms with Crippen molar-refractivity contribution in [1.82, 2.24) is 9.97 Å². The molecule has 0 atom stereocenters. The van der Waals surface area contributed by atoms with Crippen LogP contribution in [0.1, 0.15) is 17.0 Å². The van der Waals surface area contributed by atoms with Crippen LogP contribution in [0.4, 0.5) is 11.4 Å². The van der Waals surface area contributed by atoms with Gasteiger partial charge >= 0.3 is 0 Å². The number of anilines is 1. The molecule has 0 aliphatic carbocycles. The van der Waals surface area contributed by atoms with Gasteiger partial charge in [0.25, 0.3) is 5.69 Å². The van der Waals surface area contributed by atoms with E-state index in [1.807, 2.05) is 12.4 Å². The summed E-state index contributed by atoms with van der Waals surface area (Å²) in [6.07, 6.45) is 5.19. The Balaban J connectivity index is 1.72. The van der Waals surface area contributed by atoms with E-state index in [0.717, 1.165) is 36.2 Å². The molecule has 3 aromatic rings. The average molecular weight is 328 g/mol. The molecular weight excluding hydrogens is 312 g/mol. The van der Waals surface area contributed by atoms with Crippen LogP contribution in [-0.4, -0.2) is 21.4 Å². The summed E-state index contributed by atoms with van der Waals surface area (Å²) in [7, 11) is 0. The minimum Gasteiger partial charge on any atom is -0.384 e. The summed E-state index contributed by atoms with van der Waals surface area (Å²) < 4.78 is 0. The third kappa shape index (κ3) is 3.29. The highest BCUT2D eigenvalue weighted by Crippen LogP contribution is 2.30. The Morgan fingerprint density at radius 3 is 2.91 bits per heavy atom. The number of nitro groups is 1. The molecule has 0 saturated heterocycles. The maximum Gasteiger partial charge on any atom is 0.277 e. The van der Waals surface area contributed by atoms with Gasteiger partial charge in [0.15, 0.2) is 0 Å². The van der Waals surface area contributed by atoms with Crippen molar-refractivity contribution >= 4 is 33.5 Å². The van der Waals surface area contributed by atoms with E-state index >= 15 is 0 Å². The number of aromatic nitrogens is 2. The topological polar surface area (TPSA) is 81.0 Å². The molecule has 0 amide bonds. The van der Waals surface area contributed by atoms with Gasteiger partial charge in [0.1, 0.15) is 0 Å². The lowest BCUT2D eigenvalue weighted by Crippen LogP contribution is -2.04. The second-order valence-electron chi connectivity index (χ2n) is 5.20. The van der Waals surface area contributed by atoms with Crippen molar-refractivity contribution in [3.63, 3.8) is 0 Å². The standard InChI is InChI=1S/C16H16N4O2S/c1-11-16(23-10-19-11)3-2-7-18-14-4-5-15(20(21)22)12-6-8-17-9-13(12)14/h4-6,8-10,18H,2-3,7H2,1H3. The van der Waals surface area contributed by atoms with E-state index in [1.165, 1.54) is 10.9 Å². The first-order valence-corrected chi connectivity index (χ1v) is 8.18. The lowest BCUT2D eigenvalue weighted by molar-refractivity contribution is -0.383. The predicted octanol–water partition coefficient (Wildman–Crippen LogP) is 3.95. The zero-order valence-electron chi connectivity index (χ0n) is 12.7. The summed E-state index contributed by atoms with van der Waals surface area (Å²) in [5.74, 6) is 0. The van der Waals surface area contributed by atoms with Crippen LogP contribution >= 0.6 is 11.3 Å². The molecule has 0 saturated carbocycles. The van der Waals surface area contributed by atoms with Gasteiger partial charge in [-0.2, -0.15) is 0 Å². The molecule has 3 rings (SSSR count). The number of pyridine rings is 1. The van der Waals surface area contributed by atoms with Crippen LogP contribution in [-0.2, 0) is 6.42 Å². The number of fused-ring (bicyclic) bond motifs is 1. The van der Waals surface area contributed by atoms with Gasteiger partial charge in [-0.15, -0.1) is 11.3 Å². The summed E-state index contributed by atoms with van der Waals surface area (Å²) in [5.41, 5.74) is 3.95. The monoisotopic (exact) mass is 328 g/mol. The second kappa shape index (κ2) is 6.70. The zero-order chi connectivity index (χ0) is 16.2. The molecule has 2 heterocycles. The van der Waals surface area contributed by atoms with Gasteiger partial charge in [-0.05, 0) is 31.9 Å².